The lowest BCUT2D eigenvalue weighted by Crippen LogP contribution is -2.43. The van der Waals surface area contributed by atoms with Gasteiger partial charge in [-0.3, -0.25) is 0 Å². The fraction of sp³-hybridized carbons (Fsp3) is 0.625. The van der Waals surface area contributed by atoms with E-state index >= 15 is 0 Å². The molecule has 3 heteroatoms. The molecule has 2 nitrogen and oxygen atoms in total. The SMILES string of the molecule is CCC(N)Cc1ccc(N2CCSC(C)(C)C2)cc1. The van der Waals surface area contributed by atoms with Crippen LogP contribution in [0.2, 0.25) is 0 Å². The molecule has 0 aromatic heterocycles. The molecule has 1 aromatic carbocycles. The van der Waals surface area contributed by atoms with Crippen molar-refractivity contribution in [3.63, 3.8) is 0 Å². The number of hydrogen-bond donors (Lipinski definition) is 1. The Hall–Kier alpha value is -0.670. The minimum absolute atomic E-state index is 0.288. The summed E-state index contributed by atoms with van der Waals surface area (Å²) < 4.78 is 0.363. The van der Waals surface area contributed by atoms with Gasteiger partial charge in [-0.25, -0.2) is 0 Å². The Kier molecular flexibility index (Phi) is 4.80. The van der Waals surface area contributed by atoms with Crippen molar-refractivity contribution in [1.82, 2.24) is 0 Å². The molecule has 0 saturated carbocycles. The predicted octanol–water partition coefficient (Wildman–Crippen LogP) is 3.30. The van der Waals surface area contributed by atoms with Crippen molar-refractivity contribution >= 4 is 17.4 Å². The van der Waals surface area contributed by atoms with Crippen LogP contribution in [0.1, 0.15) is 32.8 Å². The Bertz CT molecular complexity index is 400. The maximum atomic E-state index is 6.01. The lowest BCUT2D eigenvalue weighted by Gasteiger charge is -2.39. The number of hydrogen-bond acceptors (Lipinski definition) is 3. The van der Waals surface area contributed by atoms with Gasteiger partial charge in [0.25, 0.3) is 0 Å². The first kappa shape index (κ1) is 14.7. The van der Waals surface area contributed by atoms with Crippen LogP contribution in [-0.4, -0.2) is 29.6 Å². The molecule has 2 N–H and O–H groups in total. The fourth-order valence-electron chi connectivity index (χ4n) is 2.53. The van der Waals surface area contributed by atoms with E-state index < -0.39 is 0 Å². The van der Waals surface area contributed by atoms with Crippen LogP contribution in [0.3, 0.4) is 0 Å². The highest BCUT2D eigenvalue weighted by molar-refractivity contribution is 8.00. The summed E-state index contributed by atoms with van der Waals surface area (Å²) in [5.74, 6) is 1.22. The second-order valence-corrected chi connectivity index (χ2v) is 7.87. The van der Waals surface area contributed by atoms with Crippen LogP contribution in [-0.2, 0) is 6.42 Å². The highest BCUT2D eigenvalue weighted by Gasteiger charge is 2.26. The molecule has 1 heterocycles. The van der Waals surface area contributed by atoms with Crippen LogP contribution in [0.5, 0.6) is 0 Å². The zero-order valence-electron chi connectivity index (χ0n) is 12.4. The summed E-state index contributed by atoms with van der Waals surface area (Å²) in [6, 6.07) is 9.27. The van der Waals surface area contributed by atoms with Gasteiger partial charge in [-0.05, 0) is 44.4 Å². The lowest BCUT2D eigenvalue weighted by atomic mass is 10.0. The van der Waals surface area contributed by atoms with Crippen molar-refractivity contribution in [2.75, 3.05) is 23.7 Å². The molecule has 0 radical (unpaired) electrons. The summed E-state index contributed by atoms with van der Waals surface area (Å²) in [7, 11) is 0. The molecule has 1 aliphatic heterocycles. The molecule has 106 valence electrons. The zero-order valence-corrected chi connectivity index (χ0v) is 13.2. The second-order valence-electron chi connectivity index (χ2n) is 6.07. The fourth-order valence-corrected chi connectivity index (χ4v) is 3.64. The van der Waals surface area contributed by atoms with Crippen LogP contribution >= 0.6 is 11.8 Å². The summed E-state index contributed by atoms with van der Waals surface area (Å²) in [6.45, 7) is 9.09. The van der Waals surface area contributed by atoms with Gasteiger partial charge in [0.05, 0.1) is 0 Å². The zero-order chi connectivity index (χ0) is 13.9. The van der Waals surface area contributed by atoms with Gasteiger partial charge < -0.3 is 10.6 Å². The highest BCUT2D eigenvalue weighted by Crippen LogP contribution is 2.32. The lowest BCUT2D eigenvalue weighted by molar-refractivity contribution is 0.643. The molecule has 1 atom stereocenters. The average molecular weight is 278 g/mol. The molecular formula is C16H26N2S. The first-order valence-electron chi connectivity index (χ1n) is 7.23. The Morgan fingerprint density at radius 2 is 2.00 bits per heavy atom. The van der Waals surface area contributed by atoms with E-state index in [-0.39, 0.29) is 6.04 Å². The summed E-state index contributed by atoms with van der Waals surface area (Å²) in [4.78, 5) is 2.50. The minimum Gasteiger partial charge on any atom is -0.369 e. The largest absolute Gasteiger partial charge is 0.369 e. The first-order valence-corrected chi connectivity index (χ1v) is 8.22. The van der Waals surface area contributed by atoms with Gasteiger partial charge in [-0.15, -0.1) is 0 Å². The molecule has 1 saturated heterocycles. The number of benzene rings is 1. The topological polar surface area (TPSA) is 29.3 Å². The number of nitrogens with zero attached hydrogens (tertiary/aromatic N) is 1. The number of rotatable bonds is 4. The maximum Gasteiger partial charge on any atom is 0.0367 e. The van der Waals surface area contributed by atoms with E-state index in [1.165, 1.54) is 17.0 Å². The van der Waals surface area contributed by atoms with Gasteiger partial charge in [0.2, 0.25) is 0 Å². The summed E-state index contributed by atoms with van der Waals surface area (Å²) in [5.41, 5.74) is 8.71. The van der Waals surface area contributed by atoms with Crippen molar-refractivity contribution in [2.24, 2.45) is 5.73 Å². The Balaban J connectivity index is 2.02. The summed E-state index contributed by atoms with van der Waals surface area (Å²) in [6.07, 6.45) is 2.03. The molecular weight excluding hydrogens is 252 g/mol. The Labute approximate surface area is 121 Å². The van der Waals surface area contributed by atoms with Crippen molar-refractivity contribution in [1.29, 1.82) is 0 Å². The molecule has 0 aliphatic carbocycles. The van der Waals surface area contributed by atoms with Crippen molar-refractivity contribution in [3.05, 3.63) is 29.8 Å². The number of nitrogens with two attached hydrogens (primary N) is 1. The number of thioether (sulfide) groups is 1. The van der Waals surface area contributed by atoms with Crippen molar-refractivity contribution < 1.29 is 0 Å². The van der Waals surface area contributed by atoms with Gasteiger partial charge >= 0.3 is 0 Å². The van der Waals surface area contributed by atoms with Gasteiger partial charge in [-0.1, -0.05) is 19.1 Å². The monoisotopic (exact) mass is 278 g/mol. The summed E-state index contributed by atoms with van der Waals surface area (Å²) in [5, 5.41) is 0. The third-order valence-corrected chi connectivity index (χ3v) is 5.05. The van der Waals surface area contributed by atoms with Crippen LogP contribution in [0.4, 0.5) is 5.69 Å². The van der Waals surface area contributed by atoms with E-state index in [0.29, 0.717) is 4.75 Å². The molecule has 1 unspecified atom stereocenters. The standard InChI is InChI=1S/C16H26N2S/c1-4-14(17)11-13-5-7-15(8-6-13)18-9-10-19-16(2,3)12-18/h5-8,14H,4,9-12,17H2,1-3H3. The van der Waals surface area contributed by atoms with E-state index in [2.05, 4.69) is 61.7 Å². The van der Waals surface area contributed by atoms with Gasteiger partial charge in [-0.2, -0.15) is 11.8 Å². The Morgan fingerprint density at radius 3 is 2.58 bits per heavy atom. The molecule has 0 amide bonds. The molecule has 0 bridgehead atoms. The second kappa shape index (κ2) is 6.19. The van der Waals surface area contributed by atoms with E-state index in [1.807, 2.05) is 0 Å². The third-order valence-electron chi connectivity index (χ3n) is 3.75. The number of anilines is 1. The smallest absolute Gasteiger partial charge is 0.0367 e. The van der Waals surface area contributed by atoms with Gasteiger partial charge in [0, 0.05) is 35.3 Å². The average Bonchev–Trinajstić information content (AvgIpc) is 2.38. The molecule has 1 aromatic rings. The minimum atomic E-state index is 0.288. The van der Waals surface area contributed by atoms with Crippen LogP contribution in [0.25, 0.3) is 0 Å². The first-order chi connectivity index (χ1) is 9.00. The molecule has 1 fully saturated rings. The molecule has 19 heavy (non-hydrogen) atoms. The van der Waals surface area contributed by atoms with Crippen molar-refractivity contribution in [3.8, 4) is 0 Å². The third kappa shape index (κ3) is 4.15. The van der Waals surface area contributed by atoms with Gasteiger partial charge in [0.1, 0.15) is 0 Å². The molecule has 2 rings (SSSR count). The predicted molar refractivity (Wildman–Crippen MR) is 87.2 cm³/mol. The van der Waals surface area contributed by atoms with Gasteiger partial charge in [0.15, 0.2) is 0 Å². The molecule has 1 aliphatic rings. The van der Waals surface area contributed by atoms with E-state index in [4.69, 9.17) is 5.73 Å². The highest BCUT2D eigenvalue weighted by atomic mass is 32.2. The van der Waals surface area contributed by atoms with Crippen molar-refractivity contribution in [2.45, 2.75) is 44.4 Å². The summed E-state index contributed by atoms with van der Waals surface area (Å²) >= 11 is 2.08. The molecule has 0 spiro atoms. The van der Waals surface area contributed by atoms with E-state index in [9.17, 15) is 0 Å². The van der Waals surface area contributed by atoms with Crippen LogP contribution in [0, 0.1) is 0 Å². The Morgan fingerprint density at radius 1 is 1.32 bits per heavy atom. The normalized spacial score (nSPS) is 20.3. The van der Waals surface area contributed by atoms with Crippen LogP contribution < -0.4 is 10.6 Å². The quantitative estimate of drug-likeness (QED) is 0.916. The van der Waals surface area contributed by atoms with E-state index in [1.54, 1.807) is 0 Å². The maximum absolute atomic E-state index is 6.01. The van der Waals surface area contributed by atoms with E-state index in [0.717, 1.165) is 25.9 Å². The van der Waals surface area contributed by atoms with Crippen LogP contribution in [0.15, 0.2) is 24.3 Å².